The average Bonchev–Trinajstić information content (AvgIpc) is 4.06. The Morgan fingerprint density at radius 3 is 1.76 bits per heavy atom. The second-order valence-electron chi connectivity index (χ2n) is 15.9. The summed E-state index contributed by atoms with van der Waals surface area (Å²) in [5, 5.41) is 8.26. The maximum Gasteiger partial charge on any atom is 0.228 e. The zero-order chi connectivity index (χ0) is 44.7. The van der Waals surface area contributed by atoms with Gasteiger partial charge in [0, 0.05) is 53.9 Å². The summed E-state index contributed by atoms with van der Waals surface area (Å²) in [4.78, 5) is 37.3. The molecule has 4 aliphatic heterocycles. The van der Waals surface area contributed by atoms with Gasteiger partial charge in [0.2, 0.25) is 4.99 Å². The van der Waals surface area contributed by atoms with E-state index in [1.807, 2.05) is 147 Å². The number of nitrogens with zero attached hydrogens (tertiary/aromatic N) is 6. The highest BCUT2D eigenvalue weighted by Crippen LogP contribution is 2.55. The molecular weight excluding hydrogens is 907 g/mol. The minimum Gasteiger partial charge on any atom is -0.374 e. The average molecular weight is 940 g/mol. The third-order valence-corrected chi connectivity index (χ3v) is 15.2. The fraction of sp³-hybridized carbons (Fsp3) is 0.0577. The molecule has 0 aliphatic carbocycles. The Labute approximate surface area is 396 Å². The van der Waals surface area contributed by atoms with Crippen molar-refractivity contribution in [2.24, 2.45) is 25.0 Å². The largest absolute Gasteiger partial charge is 0.374 e. The Bertz CT molecular complexity index is 3530. The predicted octanol–water partition coefficient (Wildman–Crippen LogP) is 13.3. The molecule has 4 aliphatic rings. The second kappa shape index (κ2) is 15.9. The van der Waals surface area contributed by atoms with Crippen LogP contribution in [0.4, 0.5) is 16.0 Å². The number of fused-ring (bicyclic) bond motifs is 18. The molecule has 320 valence electrons. The van der Waals surface area contributed by atoms with E-state index in [1.165, 1.54) is 29.6 Å². The highest BCUT2D eigenvalue weighted by Gasteiger charge is 2.55. The second-order valence-corrected chi connectivity index (χ2v) is 19.0. The van der Waals surface area contributed by atoms with Crippen LogP contribution in [0, 0.1) is 19.7 Å². The molecular formula is C52H33Cl2FN8OS2. The van der Waals surface area contributed by atoms with Crippen LogP contribution in [0.5, 0.6) is 5.75 Å². The summed E-state index contributed by atoms with van der Waals surface area (Å²) in [6, 6.07) is 47.9. The minimum absolute atomic E-state index is 0.285. The molecule has 5 heterocycles. The maximum absolute atomic E-state index is 17.3. The number of benzene rings is 7. The van der Waals surface area contributed by atoms with E-state index >= 15 is 4.39 Å². The van der Waals surface area contributed by atoms with Crippen molar-refractivity contribution >= 4 is 98.3 Å². The molecule has 12 rings (SSSR count). The summed E-state index contributed by atoms with van der Waals surface area (Å²) in [7, 11) is 0. The van der Waals surface area contributed by atoms with Crippen LogP contribution in [0.1, 0.15) is 44.5 Å². The zero-order valence-electron chi connectivity index (χ0n) is 35.0. The van der Waals surface area contributed by atoms with Gasteiger partial charge in [0.25, 0.3) is 0 Å². The van der Waals surface area contributed by atoms with Crippen LogP contribution in [-0.4, -0.2) is 39.2 Å². The van der Waals surface area contributed by atoms with Gasteiger partial charge in [-0.2, -0.15) is 0 Å². The number of thioether (sulfide) groups is 1. The minimum atomic E-state index is -1.63. The van der Waals surface area contributed by atoms with Gasteiger partial charge in [-0.3, -0.25) is 0 Å². The summed E-state index contributed by atoms with van der Waals surface area (Å²) >= 11 is 16.6. The third-order valence-electron chi connectivity index (χ3n) is 11.8. The fourth-order valence-corrected chi connectivity index (χ4v) is 11.6. The van der Waals surface area contributed by atoms with Gasteiger partial charge in [-0.1, -0.05) is 162 Å². The van der Waals surface area contributed by atoms with Gasteiger partial charge in [-0.25, -0.2) is 29.4 Å². The molecule has 8 bridgehead atoms. The number of aryl methyl sites for hydroxylation is 2. The number of hydrogen-bond donors (Lipinski definition) is 2. The lowest BCUT2D eigenvalue weighted by Crippen LogP contribution is -2.56. The van der Waals surface area contributed by atoms with Crippen LogP contribution in [-0.2, 0) is 4.99 Å². The van der Waals surface area contributed by atoms with Crippen molar-refractivity contribution in [2.75, 3.05) is 0 Å². The Hall–Kier alpha value is -6.96. The van der Waals surface area contributed by atoms with Gasteiger partial charge in [-0.15, -0.1) is 5.06 Å². The van der Waals surface area contributed by atoms with Crippen molar-refractivity contribution in [2.45, 2.75) is 33.5 Å². The number of nitrogens with one attached hydrogen (secondary N) is 2. The van der Waals surface area contributed by atoms with E-state index in [-0.39, 0.29) is 4.90 Å². The highest BCUT2D eigenvalue weighted by molar-refractivity contribution is 8.01. The van der Waals surface area contributed by atoms with Crippen LogP contribution in [0.15, 0.2) is 191 Å². The molecule has 1 atom stereocenters. The molecule has 0 amide bonds. The zero-order valence-corrected chi connectivity index (χ0v) is 38.1. The van der Waals surface area contributed by atoms with Gasteiger partial charge in [0.1, 0.15) is 23.3 Å². The first-order valence-electron chi connectivity index (χ1n) is 21.0. The van der Waals surface area contributed by atoms with Crippen LogP contribution < -0.4 is 10.2 Å². The Balaban J connectivity index is 1.24. The fourth-order valence-electron chi connectivity index (χ4n) is 8.69. The molecule has 66 heavy (non-hydrogen) atoms. The lowest BCUT2D eigenvalue weighted by molar-refractivity contribution is -0.0453. The maximum atomic E-state index is 17.3. The summed E-state index contributed by atoms with van der Waals surface area (Å²) in [6.45, 7) is 3.99. The van der Waals surface area contributed by atoms with Gasteiger partial charge in [0.15, 0.2) is 29.1 Å². The number of rotatable bonds is 6. The van der Waals surface area contributed by atoms with Gasteiger partial charge in [-0.05, 0) is 61.4 Å². The number of para-hydroxylation sites is 1. The number of hydroxylamine groups is 2. The quantitative estimate of drug-likeness (QED) is 0.173. The number of hydrogen-bond acceptors (Lipinski definition) is 10. The van der Waals surface area contributed by atoms with Crippen molar-refractivity contribution in [3.8, 4) is 5.75 Å². The molecule has 0 fully saturated rings. The van der Waals surface area contributed by atoms with E-state index in [2.05, 4.69) is 10.3 Å². The van der Waals surface area contributed by atoms with Crippen molar-refractivity contribution in [1.29, 1.82) is 0 Å². The summed E-state index contributed by atoms with van der Waals surface area (Å²) in [5.41, 5.74) is 5.89. The Morgan fingerprint density at radius 2 is 1.11 bits per heavy atom. The Kier molecular flexibility index (Phi) is 9.76. The molecule has 0 radical (unpaired) electrons. The predicted molar refractivity (Wildman–Crippen MR) is 266 cm³/mol. The summed E-state index contributed by atoms with van der Waals surface area (Å²) < 4.78 is 17.3. The van der Waals surface area contributed by atoms with Crippen molar-refractivity contribution in [3.05, 3.63) is 212 Å². The van der Waals surface area contributed by atoms with E-state index in [4.69, 9.17) is 53.0 Å². The summed E-state index contributed by atoms with van der Waals surface area (Å²) in [5.74, 6) is 3.36. The lowest BCUT2D eigenvalue weighted by atomic mass is 10.1. The van der Waals surface area contributed by atoms with Crippen LogP contribution in [0.2, 0.25) is 10.0 Å². The van der Waals surface area contributed by atoms with E-state index in [9.17, 15) is 0 Å². The number of aromatic amines is 1. The molecule has 2 N–H and O–H groups in total. The molecule has 7 aromatic carbocycles. The van der Waals surface area contributed by atoms with E-state index in [0.29, 0.717) is 77.5 Å². The molecule has 9 nitrogen and oxygen atoms in total. The smallest absolute Gasteiger partial charge is 0.228 e. The normalized spacial score (nSPS) is 19.0. The number of amidine groups is 5. The first-order valence-corrected chi connectivity index (χ1v) is 23.4. The number of aromatic nitrogens is 1. The lowest BCUT2D eigenvalue weighted by Gasteiger charge is -2.42. The standard InChI is InChI=1S/C52H33Cl2FN8OS2/c1-28-14-13-15-29(2)43(28)64-63-51-35-21-8-7-20-34(35)49(61-51)59-47-31-17-4-3-16-30(31)45(57-47)56-46-32-18-5-6-19-33(32)48(58-46)60-50-36-26-27-39(55)44(65-40-24-11-9-22-37(40)53)42(36)52(63,62-50)66-41-25-12-10-23-38(41)54/h3-27,57H,1-2H3,(H,56,58,60,62)/b59-49-. The molecule has 0 saturated carbocycles. The molecule has 0 saturated heterocycles. The SMILES string of the molecule is Cc1cccc(C)c1ON1C2=N/C(=N\c3[nH]c(c4ccccc34)/N=C3N=C(/N=C4\NC1(Sc1ccccc1Cl)c1c4ccc(F)c1Sc1ccccc1Cl)c1ccccc1\3)c1ccccc12. The Morgan fingerprint density at radius 1 is 0.561 bits per heavy atom. The molecule has 1 unspecified atom stereocenters. The van der Waals surface area contributed by atoms with Gasteiger partial charge in [0.05, 0.1) is 14.9 Å². The first-order chi connectivity index (χ1) is 32.2. The first kappa shape index (κ1) is 40.5. The molecule has 0 spiro atoms. The monoisotopic (exact) mass is 938 g/mol. The number of aliphatic imine (C=N–C) groups is 5. The molecule has 1 aromatic heterocycles. The van der Waals surface area contributed by atoms with E-state index in [1.54, 1.807) is 17.2 Å². The highest BCUT2D eigenvalue weighted by atomic mass is 35.5. The summed E-state index contributed by atoms with van der Waals surface area (Å²) in [6.07, 6.45) is 0. The number of halogens is 3. The van der Waals surface area contributed by atoms with E-state index < -0.39 is 10.8 Å². The van der Waals surface area contributed by atoms with Crippen LogP contribution in [0.25, 0.3) is 10.8 Å². The molecule has 8 aromatic rings. The number of H-pyrrole nitrogens is 1. The van der Waals surface area contributed by atoms with Crippen molar-refractivity contribution < 1.29 is 9.23 Å². The van der Waals surface area contributed by atoms with Crippen molar-refractivity contribution in [1.82, 2.24) is 15.4 Å². The topological polar surface area (TPSA) is 102 Å². The third kappa shape index (κ3) is 6.58. The van der Waals surface area contributed by atoms with Crippen LogP contribution >= 0.6 is 46.7 Å². The van der Waals surface area contributed by atoms with E-state index in [0.717, 1.165) is 44.2 Å². The van der Waals surface area contributed by atoms with Gasteiger partial charge < -0.3 is 15.1 Å². The molecule has 14 heteroatoms. The van der Waals surface area contributed by atoms with Crippen molar-refractivity contribution in [3.63, 3.8) is 0 Å². The van der Waals surface area contributed by atoms with Gasteiger partial charge >= 0.3 is 0 Å². The van der Waals surface area contributed by atoms with Crippen LogP contribution in [0.3, 0.4) is 0 Å².